The van der Waals surface area contributed by atoms with Crippen molar-refractivity contribution in [3.05, 3.63) is 42.2 Å². The lowest BCUT2D eigenvalue weighted by molar-refractivity contribution is -0.274. The molecule has 0 saturated heterocycles. The Balaban J connectivity index is 1.83. The zero-order chi connectivity index (χ0) is 19.2. The fourth-order valence-corrected chi connectivity index (χ4v) is 3.51. The summed E-state index contributed by atoms with van der Waals surface area (Å²) in [5.41, 5.74) is 1.95. The van der Waals surface area contributed by atoms with Crippen molar-refractivity contribution in [3.8, 4) is 34.3 Å². The molecule has 1 N–H and O–H groups in total. The zero-order valence-electron chi connectivity index (χ0n) is 13.7. The van der Waals surface area contributed by atoms with E-state index in [1.807, 2.05) is 0 Å². The summed E-state index contributed by atoms with van der Waals surface area (Å²) in [4.78, 5) is 12.7. The van der Waals surface area contributed by atoms with Crippen LogP contribution in [0.25, 0.3) is 32.9 Å². The zero-order valence-corrected chi connectivity index (χ0v) is 14.5. The molecule has 4 rings (SSSR count). The number of hydrogen-bond acceptors (Lipinski definition) is 6. The van der Waals surface area contributed by atoms with Crippen molar-refractivity contribution >= 4 is 21.6 Å². The number of halogens is 3. The van der Waals surface area contributed by atoms with E-state index in [0.29, 0.717) is 27.0 Å². The highest BCUT2D eigenvalue weighted by Gasteiger charge is 2.31. The normalized spacial score (nSPS) is 11.9. The van der Waals surface area contributed by atoms with Gasteiger partial charge in [-0.3, -0.25) is 0 Å². The van der Waals surface area contributed by atoms with E-state index in [-0.39, 0.29) is 17.5 Å². The molecule has 0 aliphatic carbocycles. The lowest BCUT2D eigenvalue weighted by atomic mass is 10.1. The SMILES string of the molecule is Cn1cnc(-c2nc(O)c3scc(-c4cccc(OC(F)(F)F)c4)c3n2)c1. The minimum Gasteiger partial charge on any atom is -0.492 e. The average Bonchev–Trinajstić information content (AvgIpc) is 3.20. The van der Waals surface area contributed by atoms with Gasteiger partial charge in [0.1, 0.15) is 16.1 Å². The highest BCUT2D eigenvalue weighted by Crippen LogP contribution is 2.39. The van der Waals surface area contributed by atoms with Crippen LogP contribution < -0.4 is 4.74 Å². The minimum absolute atomic E-state index is 0.209. The molecule has 0 bridgehead atoms. The summed E-state index contributed by atoms with van der Waals surface area (Å²) in [6.07, 6.45) is -1.50. The molecule has 0 saturated carbocycles. The number of nitrogens with zero attached hydrogens (tertiary/aromatic N) is 4. The largest absolute Gasteiger partial charge is 0.573 e. The van der Waals surface area contributed by atoms with Crippen LogP contribution in [0.3, 0.4) is 0 Å². The van der Waals surface area contributed by atoms with Gasteiger partial charge in [-0.15, -0.1) is 24.5 Å². The van der Waals surface area contributed by atoms with Crippen molar-refractivity contribution in [1.29, 1.82) is 0 Å². The predicted octanol–water partition coefficient (Wildman–Crippen LogP) is 4.36. The van der Waals surface area contributed by atoms with Crippen LogP contribution in [-0.4, -0.2) is 31.0 Å². The second-order valence-electron chi connectivity index (χ2n) is 5.70. The number of benzene rings is 1. The van der Waals surface area contributed by atoms with Gasteiger partial charge in [-0.25, -0.2) is 9.97 Å². The van der Waals surface area contributed by atoms with E-state index in [0.717, 1.165) is 0 Å². The molecular formula is C17H11F3N4O2S. The summed E-state index contributed by atoms with van der Waals surface area (Å²) in [6, 6.07) is 5.59. The van der Waals surface area contributed by atoms with Crippen molar-refractivity contribution in [1.82, 2.24) is 19.5 Å². The number of aryl methyl sites for hydroxylation is 1. The number of fused-ring (bicyclic) bond motifs is 1. The summed E-state index contributed by atoms with van der Waals surface area (Å²) in [7, 11) is 1.79. The van der Waals surface area contributed by atoms with Crippen LogP contribution in [0.15, 0.2) is 42.2 Å². The molecule has 6 nitrogen and oxygen atoms in total. The van der Waals surface area contributed by atoms with Crippen LogP contribution in [0.1, 0.15) is 0 Å². The third-order valence-electron chi connectivity index (χ3n) is 3.71. The van der Waals surface area contributed by atoms with Gasteiger partial charge in [0.15, 0.2) is 5.82 Å². The molecule has 0 aliphatic heterocycles. The Hall–Kier alpha value is -3.14. The molecule has 0 spiro atoms. The molecule has 0 amide bonds. The lowest BCUT2D eigenvalue weighted by Gasteiger charge is -2.09. The van der Waals surface area contributed by atoms with E-state index >= 15 is 0 Å². The standard InChI is InChI=1S/C17H11F3N4O2S/c1-24-6-12(21-8-24)15-22-13-11(7-27-14(13)16(25)23-15)9-3-2-4-10(5-9)26-17(18,19)20/h2-8H,1H3,(H,22,23,25). The Bertz CT molecular complexity index is 1140. The summed E-state index contributed by atoms with van der Waals surface area (Å²) >= 11 is 1.20. The second kappa shape index (κ2) is 6.23. The summed E-state index contributed by atoms with van der Waals surface area (Å²) in [6.45, 7) is 0. The van der Waals surface area contributed by atoms with Gasteiger partial charge in [-0.2, -0.15) is 4.98 Å². The van der Waals surface area contributed by atoms with E-state index in [1.165, 1.54) is 29.5 Å². The highest BCUT2D eigenvalue weighted by molar-refractivity contribution is 7.18. The van der Waals surface area contributed by atoms with Crippen LogP contribution in [0.5, 0.6) is 11.6 Å². The Kier molecular flexibility index (Phi) is 3.99. The lowest BCUT2D eigenvalue weighted by Crippen LogP contribution is -2.17. The quantitative estimate of drug-likeness (QED) is 0.561. The third kappa shape index (κ3) is 3.43. The molecule has 0 radical (unpaired) electrons. The van der Waals surface area contributed by atoms with Crippen molar-refractivity contribution in [2.75, 3.05) is 0 Å². The van der Waals surface area contributed by atoms with Crippen LogP contribution in [0.2, 0.25) is 0 Å². The van der Waals surface area contributed by atoms with Crippen molar-refractivity contribution in [3.63, 3.8) is 0 Å². The number of rotatable bonds is 3. The number of alkyl halides is 3. The van der Waals surface area contributed by atoms with Gasteiger partial charge in [0.2, 0.25) is 5.88 Å². The van der Waals surface area contributed by atoms with Gasteiger partial charge >= 0.3 is 6.36 Å². The molecule has 27 heavy (non-hydrogen) atoms. The average molecular weight is 392 g/mol. The van der Waals surface area contributed by atoms with Crippen molar-refractivity contribution in [2.45, 2.75) is 6.36 Å². The molecule has 138 valence electrons. The molecule has 4 aromatic rings. The van der Waals surface area contributed by atoms with Crippen LogP contribution >= 0.6 is 11.3 Å². The first-order chi connectivity index (χ1) is 12.8. The fourth-order valence-electron chi connectivity index (χ4n) is 2.61. The Morgan fingerprint density at radius 3 is 2.74 bits per heavy atom. The monoisotopic (exact) mass is 392 g/mol. The number of imidazole rings is 1. The maximum atomic E-state index is 12.5. The van der Waals surface area contributed by atoms with E-state index in [4.69, 9.17) is 0 Å². The Morgan fingerprint density at radius 2 is 2.04 bits per heavy atom. The Morgan fingerprint density at radius 1 is 1.22 bits per heavy atom. The predicted molar refractivity (Wildman–Crippen MR) is 93.4 cm³/mol. The van der Waals surface area contributed by atoms with Gasteiger partial charge in [-0.05, 0) is 17.7 Å². The topological polar surface area (TPSA) is 73.1 Å². The first-order valence-electron chi connectivity index (χ1n) is 7.63. The summed E-state index contributed by atoms with van der Waals surface area (Å²) in [5, 5.41) is 11.9. The first kappa shape index (κ1) is 17.3. The molecule has 0 atom stereocenters. The van der Waals surface area contributed by atoms with Crippen LogP contribution in [-0.2, 0) is 7.05 Å². The molecule has 0 fully saturated rings. The van der Waals surface area contributed by atoms with E-state index in [9.17, 15) is 18.3 Å². The second-order valence-corrected chi connectivity index (χ2v) is 6.58. The van der Waals surface area contributed by atoms with Gasteiger partial charge in [0, 0.05) is 24.2 Å². The van der Waals surface area contributed by atoms with Gasteiger partial charge in [0.05, 0.1) is 11.8 Å². The molecule has 10 heteroatoms. The maximum absolute atomic E-state index is 12.5. The molecule has 0 aliphatic rings. The summed E-state index contributed by atoms with van der Waals surface area (Å²) < 4.78 is 43.6. The van der Waals surface area contributed by atoms with Gasteiger partial charge in [-0.1, -0.05) is 12.1 Å². The number of hydrogen-bond donors (Lipinski definition) is 1. The number of thiophene rings is 1. The van der Waals surface area contributed by atoms with Crippen LogP contribution in [0, 0.1) is 0 Å². The van der Waals surface area contributed by atoms with E-state index in [1.54, 1.807) is 35.6 Å². The summed E-state index contributed by atoms with van der Waals surface area (Å²) in [5.74, 6) is -0.315. The van der Waals surface area contributed by atoms with Crippen molar-refractivity contribution in [2.24, 2.45) is 7.05 Å². The minimum atomic E-state index is -4.78. The molecular weight excluding hydrogens is 381 g/mol. The smallest absolute Gasteiger partial charge is 0.492 e. The van der Waals surface area contributed by atoms with Gasteiger partial charge in [0.25, 0.3) is 0 Å². The highest BCUT2D eigenvalue weighted by atomic mass is 32.1. The van der Waals surface area contributed by atoms with Crippen molar-refractivity contribution < 1.29 is 23.0 Å². The fraction of sp³-hybridized carbons (Fsp3) is 0.118. The molecule has 1 aromatic carbocycles. The van der Waals surface area contributed by atoms with Gasteiger partial charge < -0.3 is 14.4 Å². The first-order valence-corrected chi connectivity index (χ1v) is 8.51. The number of aromatic nitrogens is 4. The molecule has 3 heterocycles. The number of ether oxygens (including phenoxy) is 1. The maximum Gasteiger partial charge on any atom is 0.573 e. The third-order valence-corrected chi connectivity index (χ3v) is 4.68. The van der Waals surface area contributed by atoms with E-state index in [2.05, 4.69) is 19.7 Å². The Labute approximate surface area is 154 Å². The van der Waals surface area contributed by atoms with Crippen LogP contribution in [0.4, 0.5) is 13.2 Å². The van der Waals surface area contributed by atoms with E-state index < -0.39 is 6.36 Å². The number of aromatic hydroxyl groups is 1. The molecule has 3 aromatic heterocycles. The molecule has 0 unspecified atom stereocenters.